The van der Waals surface area contributed by atoms with Gasteiger partial charge in [0.25, 0.3) is 0 Å². The molecule has 1 atom stereocenters. The van der Waals surface area contributed by atoms with Crippen molar-refractivity contribution in [2.24, 2.45) is 5.73 Å². The SMILES string of the molecule is C[C@H](N)c1ccc(OCCc2ccccn2)cc1Br. The summed E-state index contributed by atoms with van der Waals surface area (Å²) in [7, 11) is 0. The number of aromatic nitrogens is 1. The number of rotatable bonds is 5. The molecule has 1 heterocycles. The van der Waals surface area contributed by atoms with Crippen molar-refractivity contribution in [2.75, 3.05) is 6.61 Å². The van der Waals surface area contributed by atoms with E-state index in [9.17, 15) is 0 Å². The van der Waals surface area contributed by atoms with Crippen molar-refractivity contribution in [3.8, 4) is 5.75 Å². The summed E-state index contributed by atoms with van der Waals surface area (Å²) in [4.78, 5) is 4.26. The highest BCUT2D eigenvalue weighted by Crippen LogP contribution is 2.26. The lowest BCUT2D eigenvalue weighted by atomic mass is 10.1. The minimum atomic E-state index is 0.0111. The van der Waals surface area contributed by atoms with Gasteiger partial charge in [-0.05, 0) is 36.8 Å². The van der Waals surface area contributed by atoms with Crippen LogP contribution in [-0.2, 0) is 6.42 Å². The summed E-state index contributed by atoms with van der Waals surface area (Å²) in [5.41, 5.74) is 7.98. The van der Waals surface area contributed by atoms with Crippen LogP contribution in [0.3, 0.4) is 0 Å². The van der Waals surface area contributed by atoms with Gasteiger partial charge in [-0.3, -0.25) is 4.98 Å². The first-order valence-electron chi connectivity index (χ1n) is 6.24. The van der Waals surface area contributed by atoms with Gasteiger partial charge in [-0.25, -0.2) is 0 Å². The zero-order chi connectivity index (χ0) is 13.7. The third kappa shape index (κ3) is 4.04. The van der Waals surface area contributed by atoms with E-state index < -0.39 is 0 Å². The number of ether oxygens (including phenoxy) is 1. The van der Waals surface area contributed by atoms with Crippen molar-refractivity contribution in [2.45, 2.75) is 19.4 Å². The molecule has 0 saturated carbocycles. The molecule has 2 N–H and O–H groups in total. The van der Waals surface area contributed by atoms with E-state index in [1.54, 1.807) is 6.20 Å². The number of hydrogen-bond acceptors (Lipinski definition) is 3. The fraction of sp³-hybridized carbons (Fsp3) is 0.267. The first-order chi connectivity index (χ1) is 9.16. The minimum Gasteiger partial charge on any atom is -0.493 e. The third-order valence-corrected chi connectivity index (χ3v) is 3.50. The van der Waals surface area contributed by atoms with E-state index in [0.717, 1.165) is 27.9 Å². The lowest BCUT2D eigenvalue weighted by Crippen LogP contribution is -2.06. The Hall–Kier alpha value is -1.39. The average molecular weight is 321 g/mol. The summed E-state index contributed by atoms with van der Waals surface area (Å²) >= 11 is 3.51. The van der Waals surface area contributed by atoms with Gasteiger partial charge in [0, 0.05) is 28.8 Å². The Bertz CT molecular complexity index is 529. The monoisotopic (exact) mass is 320 g/mol. The van der Waals surface area contributed by atoms with Crippen molar-refractivity contribution in [1.82, 2.24) is 4.98 Å². The van der Waals surface area contributed by atoms with Gasteiger partial charge in [-0.15, -0.1) is 0 Å². The number of hydrogen-bond donors (Lipinski definition) is 1. The molecular formula is C15H17BrN2O. The topological polar surface area (TPSA) is 48.1 Å². The second-order valence-corrected chi connectivity index (χ2v) is 5.25. The molecule has 0 aliphatic carbocycles. The van der Waals surface area contributed by atoms with Gasteiger partial charge in [0.2, 0.25) is 0 Å². The van der Waals surface area contributed by atoms with Gasteiger partial charge < -0.3 is 10.5 Å². The molecule has 1 aromatic heterocycles. The summed E-state index contributed by atoms with van der Waals surface area (Å²) in [6.07, 6.45) is 2.59. The Kier molecular flexibility index (Phi) is 4.93. The van der Waals surface area contributed by atoms with Gasteiger partial charge in [-0.1, -0.05) is 28.1 Å². The fourth-order valence-electron chi connectivity index (χ4n) is 1.79. The predicted octanol–water partition coefficient (Wildman–Crippen LogP) is 3.49. The van der Waals surface area contributed by atoms with E-state index in [1.807, 2.05) is 43.3 Å². The van der Waals surface area contributed by atoms with E-state index in [0.29, 0.717) is 6.61 Å². The van der Waals surface area contributed by atoms with Crippen LogP contribution >= 0.6 is 15.9 Å². The number of pyridine rings is 1. The van der Waals surface area contributed by atoms with Crippen molar-refractivity contribution in [3.63, 3.8) is 0 Å². The maximum atomic E-state index is 5.86. The minimum absolute atomic E-state index is 0.0111. The van der Waals surface area contributed by atoms with Crippen LogP contribution in [0, 0.1) is 0 Å². The Morgan fingerprint density at radius 3 is 2.79 bits per heavy atom. The standard InChI is InChI=1S/C15H17BrN2O/c1-11(17)14-6-5-13(10-15(14)16)19-9-7-12-4-2-3-8-18-12/h2-6,8,10-11H,7,9,17H2,1H3/t11-/m0/s1. The van der Waals surface area contributed by atoms with Crippen molar-refractivity contribution in [1.29, 1.82) is 0 Å². The molecule has 0 spiro atoms. The van der Waals surface area contributed by atoms with Gasteiger partial charge >= 0.3 is 0 Å². The maximum absolute atomic E-state index is 5.86. The van der Waals surface area contributed by atoms with Crippen LogP contribution in [0.15, 0.2) is 47.1 Å². The molecule has 0 saturated heterocycles. The Morgan fingerprint density at radius 1 is 1.32 bits per heavy atom. The number of halogens is 1. The Balaban J connectivity index is 1.92. The highest BCUT2D eigenvalue weighted by molar-refractivity contribution is 9.10. The fourth-order valence-corrected chi connectivity index (χ4v) is 2.51. The van der Waals surface area contributed by atoms with E-state index in [-0.39, 0.29) is 6.04 Å². The van der Waals surface area contributed by atoms with Crippen LogP contribution in [0.25, 0.3) is 0 Å². The molecule has 0 aliphatic heterocycles. The van der Waals surface area contributed by atoms with Crippen LogP contribution in [0.1, 0.15) is 24.2 Å². The molecule has 3 nitrogen and oxygen atoms in total. The van der Waals surface area contributed by atoms with Gasteiger partial charge in [0.05, 0.1) is 6.61 Å². The molecule has 0 bridgehead atoms. The highest BCUT2D eigenvalue weighted by atomic mass is 79.9. The third-order valence-electron chi connectivity index (χ3n) is 2.82. The van der Waals surface area contributed by atoms with Crippen LogP contribution in [-0.4, -0.2) is 11.6 Å². The first-order valence-corrected chi connectivity index (χ1v) is 7.04. The normalized spacial score (nSPS) is 12.2. The number of nitrogens with two attached hydrogens (primary N) is 1. The number of nitrogens with zero attached hydrogens (tertiary/aromatic N) is 1. The lowest BCUT2D eigenvalue weighted by molar-refractivity contribution is 0.320. The van der Waals surface area contributed by atoms with Gasteiger partial charge in [0.1, 0.15) is 5.75 Å². The first kappa shape index (κ1) is 14.0. The van der Waals surface area contributed by atoms with Crippen LogP contribution in [0.5, 0.6) is 5.75 Å². The van der Waals surface area contributed by atoms with Crippen molar-refractivity contribution >= 4 is 15.9 Å². The molecule has 2 rings (SSSR count). The molecule has 0 amide bonds. The summed E-state index contributed by atoms with van der Waals surface area (Å²) in [6.45, 7) is 2.57. The molecule has 4 heteroatoms. The van der Waals surface area contributed by atoms with Crippen LogP contribution < -0.4 is 10.5 Å². The smallest absolute Gasteiger partial charge is 0.120 e. The molecule has 1 aromatic carbocycles. The molecule has 2 aromatic rings. The Morgan fingerprint density at radius 2 is 2.16 bits per heavy atom. The summed E-state index contributed by atoms with van der Waals surface area (Å²) in [5, 5.41) is 0. The second kappa shape index (κ2) is 6.68. The zero-order valence-electron chi connectivity index (χ0n) is 10.8. The van der Waals surface area contributed by atoms with Crippen LogP contribution in [0.2, 0.25) is 0 Å². The molecule has 0 aliphatic rings. The second-order valence-electron chi connectivity index (χ2n) is 4.39. The predicted molar refractivity (Wildman–Crippen MR) is 80.2 cm³/mol. The lowest BCUT2D eigenvalue weighted by Gasteiger charge is -2.11. The zero-order valence-corrected chi connectivity index (χ0v) is 12.4. The molecule has 0 unspecified atom stereocenters. The summed E-state index contributed by atoms with van der Waals surface area (Å²) in [6, 6.07) is 11.8. The summed E-state index contributed by atoms with van der Waals surface area (Å²) in [5.74, 6) is 0.840. The molecule has 19 heavy (non-hydrogen) atoms. The molecule has 100 valence electrons. The van der Waals surface area contributed by atoms with E-state index in [1.165, 1.54) is 0 Å². The average Bonchev–Trinajstić information content (AvgIpc) is 2.39. The van der Waals surface area contributed by atoms with E-state index in [2.05, 4.69) is 20.9 Å². The van der Waals surface area contributed by atoms with Crippen molar-refractivity contribution < 1.29 is 4.74 Å². The largest absolute Gasteiger partial charge is 0.493 e. The number of benzene rings is 1. The highest BCUT2D eigenvalue weighted by Gasteiger charge is 2.06. The quantitative estimate of drug-likeness (QED) is 0.917. The van der Waals surface area contributed by atoms with Crippen LogP contribution in [0.4, 0.5) is 0 Å². The Labute approximate surface area is 121 Å². The van der Waals surface area contributed by atoms with E-state index in [4.69, 9.17) is 10.5 Å². The summed E-state index contributed by atoms with van der Waals surface area (Å²) < 4.78 is 6.70. The molecule has 0 fully saturated rings. The maximum Gasteiger partial charge on any atom is 0.120 e. The van der Waals surface area contributed by atoms with E-state index >= 15 is 0 Å². The van der Waals surface area contributed by atoms with Crippen molar-refractivity contribution in [3.05, 3.63) is 58.3 Å². The molecule has 0 radical (unpaired) electrons. The van der Waals surface area contributed by atoms with Gasteiger partial charge in [-0.2, -0.15) is 0 Å². The molecular weight excluding hydrogens is 304 g/mol. The van der Waals surface area contributed by atoms with Gasteiger partial charge in [0.15, 0.2) is 0 Å².